The number of hydrogen-bond acceptors (Lipinski definition) is 4. The Morgan fingerprint density at radius 3 is 2.67 bits per heavy atom. The zero-order valence-electron chi connectivity index (χ0n) is 14.4. The first-order valence-corrected chi connectivity index (χ1v) is 8.47. The molecule has 1 aromatic carbocycles. The van der Waals surface area contributed by atoms with Crippen molar-refractivity contribution in [2.45, 2.75) is 31.8 Å². The second-order valence-corrected chi connectivity index (χ2v) is 6.60. The predicted molar refractivity (Wildman–Crippen MR) is 93.5 cm³/mol. The first-order valence-electron chi connectivity index (χ1n) is 8.47. The van der Waals surface area contributed by atoms with E-state index in [1.54, 1.807) is 18.3 Å². The van der Waals surface area contributed by atoms with Crippen LogP contribution in [0.1, 0.15) is 46.9 Å². The summed E-state index contributed by atoms with van der Waals surface area (Å²) in [6, 6.07) is 12.3. The summed E-state index contributed by atoms with van der Waals surface area (Å²) in [5, 5.41) is 7.82. The lowest BCUT2D eigenvalue weighted by atomic mass is 9.94. The van der Waals surface area contributed by atoms with Crippen LogP contribution in [0.25, 0.3) is 0 Å². The number of amides is 1. The maximum atomic E-state index is 12.8. The van der Waals surface area contributed by atoms with Crippen LogP contribution in [0.3, 0.4) is 0 Å². The number of rotatable bonds is 4. The molecule has 1 unspecified atom stereocenters. The van der Waals surface area contributed by atoms with Crippen molar-refractivity contribution in [1.29, 1.82) is 0 Å². The van der Waals surface area contributed by atoms with Gasteiger partial charge >= 0.3 is 0 Å². The van der Waals surface area contributed by atoms with Crippen LogP contribution in [0.5, 0.6) is 0 Å². The number of aromatic nitrogens is 2. The summed E-state index contributed by atoms with van der Waals surface area (Å²) in [6.45, 7) is 1.70. The van der Waals surface area contributed by atoms with Crippen LogP contribution < -0.4 is 0 Å². The molecule has 24 heavy (non-hydrogen) atoms. The number of benzene rings is 1. The van der Waals surface area contributed by atoms with E-state index in [-0.39, 0.29) is 11.9 Å². The summed E-state index contributed by atoms with van der Waals surface area (Å²) >= 11 is 0. The minimum Gasteiger partial charge on any atom is -0.330 e. The second kappa shape index (κ2) is 7.53. The van der Waals surface area contributed by atoms with Gasteiger partial charge in [0.2, 0.25) is 0 Å². The van der Waals surface area contributed by atoms with E-state index in [4.69, 9.17) is 0 Å². The third-order valence-electron chi connectivity index (χ3n) is 4.42. The molecule has 0 radical (unpaired) electrons. The quantitative estimate of drug-likeness (QED) is 0.868. The number of nitrogens with zero attached hydrogens (tertiary/aromatic N) is 4. The lowest BCUT2D eigenvalue weighted by molar-refractivity contribution is 0.0604. The number of hydrogen-bond donors (Lipinski definition) is 0. The Morgan fingerprint density at radius 2 is 2.00 bits per heavy atom. The largest absolute Gasteiger partial charge is 0.330 e. The summed E-state index contributed by atoms with van der Waals surface area (Å²) in [5.41, 5.74) is 2.91. The molecule has 126 valence electrons. The Kier molecular flexibility index (Phi) is 5.20. The highest BCUT2D eigenvalue weighted by molar-refractivity contribution is 5.92. The lowest BCUT2D eigenvalue weighted by Gasteiger charge is -2.36. The number of carbonyl (C=O) groups is 1. The van der Waals surface area contributed by atoms with Crippen LogP contribution in [0.2, 0.25) is 0 Å². The molecule has 3 rings (SSSR count). The third kappa shape index (κ3) is 3.79. The highest BCUT2D eigenvalue weighted by atomic mass is 16.2. The van der Waals surface area contributed by atoms with Gasteiger partial charge in [-0.3, -0.25) is 4.79 Å². The summed E-state index contributed by atoms with van der Waals surface area (Å²) in [5.74, 6) is -0.0230. The Bertz CT molecular complexity index is 670. The van der Waals surface area contributed by atoms with Crippen molar-refractivity contribution in [1.82, 2.24) is 20.0 Å². The molecule has 1 saturated heterocycles. The van der Waals surface area contributed by atoms with Gasteiger partial charge in [-0.05, 0) is 56.6 Å². The molecule has 1 aliphatic heterocycles. The monoisotopic (exact) mass is 324 g/mol. The van der Waals surface area contributed by atoms with Crippen molar-refractivity contribution in [3.05, 3.63) is 59.4 Å². The summed E-state index contributed by atoms with van der Waals surface area (Å²) < 4.78 is 0. The van der Waals surface area contributed by atoms with Gasteiger partial charge in [-0.15, -0.1) is 5.10 Å². The maximum Gasteiger partial charge on any atom is 0.274 e. The fourth-order valence-electron chi connectivity index (χ4n) is 3.29. The normalized spacial score (nSPS) is 18.0. The van der Waals surface area contributed by atoms with Crippen LogP contribution >= 0.6 is 0 Å². The zero-order valence-corrected chi connectivity index (χ0v) is 14.4. The van der Waals surface area contributed by atoms with Crippen LogP contribution in [0, 0.1) is 0 Å². The lowest BCUT2D eigenvalue weighted by Crippen LogP contribution is -2.39. The summed E-state index contributed by atoms with van der Waals surface area (Å²) in [7, 11) is 4.13. The molecule has 2 aromatic rings. The van der Waals surface area contributed by atoms with Crippen molar-refractivity contribution in [2.24, 2.45) is 0 Å². The molecule has 0 aliphatic carbocycles. The van der Waals surface area contributed by atoms with Gasteiger partial charge in [0.15, 0.2) is 5.69 Å². The van der Waals surface area contributed by atoms with Crippen LogP contribution in [0.15, 0.2) is 42.6 Å². The molecule has 1 aliphatic rings. The second-order valence-electron chi connectivity index (χ2n) is 6.60. The highest BCUT2D eigenvalue weighted by Gasteiger charge is 2.29. The molecule has 2 heterocycles. The van der Waals surface area contributed by atoms with Crippen molar-refractivity contribution < 1.29 is 4.79 Å². The summed E-state index contributed by atoms with van der Waals surface area (Å²) in [4.78, 5) is 16.9. The number of likely N-dealkylation sites (tertiary alicyclic amines) is 1. The van der Waals surface area contributed by atoms with Gasteiger partial charge in [-0.25, -0.2) is 0 Å². The number of carbonyl (C=O) groups excluding carboxylic acids is 1. The Labute approximate surface area is 143 Å². The van der Waals surface area contributed by atoms with Gasteiger partial charge in [0.05, 0.1) is 6.04 Å². The van der Waals surface area contributed by atoms with Crippen molar-refractivity contribution in [3.8, 4) is 0 Å². The molecule has 5 nitrogen and oxygen atoms in total. The van der Waals surface area contributed by atoms with Gasteiger partial charge in [-0.2, -0.15) is 5.10 Å². The van der Waals surface area contributed by atoms with Crippen molar-refractivity contribution in [2.75, 3.05) is 20.6 Å². The van der Waals surface area contributed by atoms with E-state index in [0.717, 1.165) is 32.4 Å². The van der Waals surface area contributed by atoms with Gasteiger partial charge < -0.3 is 9.80 Å². The fraction of sp³-hybridized carbons (Fsp3) is 0.421. The van der Waals surface area contributed by atoms with Crippen LogP contribution in [0.4, 0.5) is 0 Å². The minimum absolute atomic E-state index is 0.0230. The number of piperidine rings is 1. The van der Waals surface area contributed by atoms with E-state index in [0.29, 0.717) is 5.69 Å². The molecule has 1 amide bonds. The fourth-order valence-corrected chi connectivity index (χ4v) is 3.29. The van der Waals surface area contributed by atoms with E-state index in [9.17, 15) is 4.79 Å². The van der Waals surface area contributed by atoms with Crippen molar-refractivity contribution >= 4 is 5.91 Å². The SMILES string of the molecule is CN(C)Cc1ccc(C2CCCCN2C(=O)c2cccnn2)cc1. The maximum absolute atomic E-state index is 12.8. The predicted octanol–water partition coefficient (Wildman–Crippen LogP) is 2.91. The zero-order chi connectivity index (χ0) is 16.9. The van der Waals surface area contributed by atoms with E-state index in [1.807, 2.05) is 4.90 Å². The van der Waals surface area contributed by atoms with E-state index < -0.39 is 0 Å². The van der Waals surface area contributed by atoms with Crippen LogP contribution in [-0.2, 0) is 6.54 Å². The Morgan fingerprint density at radius 1 is 1.21 bits per heavy atom. The molecule has 0 N–H and O–H groups in total. The standard InChI is InChI=1S/C19H24N4O/c1-22(2)14-15-8-10-16(11-9-15)18-7-3-4-13-23(18)19(24)17-6-5-12-20-21-17/h5-6,8-12,18H,3-4,7,13-14H2,1-2H3. The van der Waals surface area contributed by atoms with Gasteiger partial charge in [0.25, 0.3) is 5.91 Å². The van der Waals surface area contributed by atoms with E-state index in [1.165, 1.54) is 11.1 Å². The van der Waals surface area contributed by atoms with Gasteiger partial charge in [-0.1, -0.05) is 24.3 Å². The molecule has 5 heteroatoms. The third-order valence-corrected chi connectivity index (χ3v) is 4.42. The molecule has 1 fully saturated rings. The first kappa shape index (κ1) is 16.6. The van der Waals surface area contributed by atoms with Crippen LogP contribution in [-0.4, -0.2) is 46.5 Å². The molecule has 0 spiro atoms. The molecular weight excluding hydrogens is 300 g/mol. The molecular formula is C19H24N4O. The first-order chi connectivity index (χ1) is 11.6. The molecule has 0 bridgehead atoms. The van der Waals surface area contributed by atoms with Gasteiger partial charge in [0.1, 0.15) is 0 Å². The van der Waals surface area contributed by atoms with Crippen molar-refractivity contribution in [3.63, 3.8) is 0 Å². The molecule has 0 saturated carbocycles. The van der Waals surface area contributed by atoms with E-state index >= 15 is 0 Å². The summed E-state index contributed by atoms with van der Waals surface area (Å²) in [6.07, 6.45) is 4.78. The highest BCUT2D eigenvalue weighted by Crippen LogP contribution is 2.32. The smallest absolute Gasteiger partial charge is 0.274 e. The van der Waals surface area contributed by atoms with E-state index in [2.05, 4.69) is 53.5 Å². The topological polar surface area (TPSA) is 49.3 Å². The average molecular weight is 324 g/mol. The molecule has 1 aromatic heterocycles. The molecule has 1 atom stereocenters. The Balaban J connectivity index is 1.80. The average Bonchev–Trinajstić information content (AvgIpc) is 2.62. The Hall–Kier alpha value is -2.27. The van der Waals surface area contributed by atoms with Gasteiger partial charge in [0, 0.05) is 19.3 Å². The minimum atomic E-state index is -0.0230.